The zero-order valence-electron chi connectivity index (χ0n) is 4.94. The van der Waals surface area contributed by atoms with Crippen molar-refractivity contribution in [3.8, 4) is 0 Å². The van der Waals surface area contributed by atoms with Crippen LogP contribution in [0.15, 0.2) is 0 Å². The molecule has 3 nitrogen and oxygen atoms in total. The van der Waals surface area contributed by atoms with Crippen LogP contribution in [0.2, 0.25) is 0 Å². The van der Waals surface area contributed by atoms with Gasteiger partial charge in [0.1, 0.15) is 6.54 Å². The van der Waals surface area contributed by atoms with Crippen molar-refractivity contribution < 1.29 is 14.4 Å². The second-order valence-corrected chi connectivity index (χ2v) is 2.01. The zero-order valence-corrected chi connectivity index (χ0v) is 4.94. The van der Waals surface area contributed by atoms with E-state index in [1.807, 2.05) is 7.05 Å². The van der Waals surface area contributed by atoms with E-state index in [1.165, 1.54) is 0 Å². The summed E-state index contributed by atoms with van der Waals surface area (Å²) in [5, 5.41) is 0. The monoisotopic (exact) mass is 116 g/mol. The first kappa shape index (κ1) is 5.72. The molecule has 1 unspecified atom stereocenters. The number of hydrogen-bond acceptors (Lipinski definition) is 2. The van der Waals surface area contributed by atoms with Gasteiger partial charge < -0.3 is 4.74 Å². The van der Waals surface area contributed by atoms with E-state index in [2.05, 4.69) is 0 Å². The fourth-order valence-electron chi connectivity index (χ4n) is 0.653. The molecule has 1 amide bonds. The molecule has 1 N–H and O–H groups in total. The predicted octanol–water partition coefficient (Wildman–Crippen LogP) is -1.94. The third kappa shape index (κ3) is 1.05. The van der Waals surface area contributed by atoms with Crippen LogP contribution in [-0.4, -0.2) is 32.7 Å². The van der Waals surface area contributed by atoms with Crippen molar-refractivity contribution in [2.75, 3.05) is 26.8 Å². The molecule has 0 aromatic rings. The summed E-state index contributed by atoms with van der Waals surface area (Å²) in [6, 6.07) is 0. The molecule has 0 bridgehead atoms. The van der Waals surface area contributed by atoms with Crippen molar-refractivity contribution in [1.29, 1.82) is 0 Å². The number of carbonyl (C=O) groups is 1. The van der Waals surface area contributed by atoms with Crippen molar-refractivity contribution in [2.45, 2.75) is 0 Å². The largest absolute Gasteiger partial charge is 0.361 e. The standard InChI is InChI=1S/C5H9NO2/c1-6-2-3-8-4-5(6)7/h2-4H2,1H3/p+1. The van der Waals surface area contributed by atoms with Crippen LogP contribution in [0.1, 0.15) is 0 Å². The van der Waals surface area contributed by atoms with E-state index in [0.717, 1.165) is 18.1 Å². The molecule has 0 spiro atoms. The van der Waals surface area contributed by atoms with Crippen LogP contribution in [-0.2, 0) is 9.53 Å². The number of carbonyl (C=O) groups excluding carboxylic acids is 1. The van der Waals surface area contributed by atoms with Gasteiger partial charge in [0, 0.05) is 0 Å². The molecule has 0 saturated carbocycles. The second kappa shape index (κ2) is 2.24. The molecule has 1 atom stereocenters. The number of ether oxygens (including phenoxy) is 1. The topological polar surface area (TPSA) is 30.7 Å². The summed E-state index contributed by atoms with van der Waals surface area (Å²) >= 11 is 0. The highest BCUT2D eigenvalue weighted by atomic mass is 16.5. The van der Waals surface area contributed by atoms with Gasteiger partial charge in [0.05, 0.1) is 13.7 Å². The van der Waals surface area contributed by atoms with Crippen LogP contribution in [0.3, 0.4) is 0 Å². The molecule has 1 saturated heterocycles. The fraction of sp³-hybridized carbons (Fsp3) is 0.800. The van der Waals surface area contributed by atoms with E-state index >= 15 is 0 Å². The smallest absolute Gasteiger partial charge is 0.337 e. The van der Waals surface area contributed by atoms with E-state index in [4.69, 9.17) is 4.74 Å². The number of quaternary nitrogens is 1. The summed E-state index contributed by atoms with van der Waals surface area (Å²) in [6.45, 7) is 1.84. The minimum Gasteiger partial charge on any atom is -0.361 e. The van der Waals surface area contributed by atoms with Crippen LogP contribution in [0.4, 0.5) is 0 Å². The van der Waals surface area contributed by atoms with Crippen molar-refractivity contribution in [1.82, 2.24) is 0 Å². The lowest BCUT2D eigenvalue weighted by Crippen LogP contribution is -3.14. The van der Waals surface area contributed by atoms with E-state index in [9.17, 15) is 4.79 Å². The number of amides is 1. The van der Waals surface area contributed by atoms with Gasteiger partial charge in [-0.1, -0.05) is 0 Å². The van der Waals surface area contributed by atoms with Gasteiger partial charge in [-0.15, -0.1) is 0 Å². The summed E-state index contributed by atoms with van der Waals surface area (Å²) in [4.78, 5) is 11.6. The Balaban J connectivity index is 2.39. The highest BCUT2D eigenvalue weighted by molar-refractivity contribution is 5.68. The van der Waals surface area contributed by atoms with Crippen molar-refractivity contribution in [3.63, 3.8) is 0 Å². The van der Waals surface area contributed by atoms with Gasteiger partial charge in [0.25, 0.3) is 0 Å². The van der Waals surface area contributed by atoms with Gasteiger partial charge in [-0.2, -0.15) is 0 Å². The van der Waals surface area contributed by atoms with E-state index in [-0.39, 0.29) is 5.91 Å². The Morgan fingerprint density at radius 1 is 1.75 bits per heavy atom. The Labute approximate surface area is 48.2 Å². The molecule has 0 aliphatic carbocycles. The maximum atomic E-state index is 10.6. The van der Waals surface area contributed by atoms with E-state index < -0.39 is 0 Å². The predicted molar refractivity (Wildman–Crippen MR) is 27.6 cm³/mol. The van der Waals surface area contributed by atoms with Crippen molar-refractivity contribution in [2.24, 2.45) is 0 Å². The first-order valence-electron chi connectivity index (χ1n) is 2.74. The molecule has 1 aliphatic rings. The minimum atomic E-state index is 0.163. The quantitative estimate of drug-likeness (QED) is 0.399. The molecule has 1 aliphatic heterocycles. The normalized spacial score (nSPS) is 30.6. The maximum absolute atomic E-state index is 10.6. The number of hydrogen-bond donors (Lipinski definition) is 1. The average molecular weight is 116 g/mol. The van der Waals surface area contributed by atoms with Gasteiger partial charge in [-0.3, -0.25) is 4.90 Å². The number of nitrogens with one attached hydrogen (secondary N) is 1. The lowest BCUT2D eigenvalue weighted by atomic mass is 10.4. The molecule has 1 rings (SSSR count). The molecular weight excluding hydrogens is 106 g/mol. The van der Waals surface area contributed by atoms with Crippen LogP contribution in [0.25, 0.3) is 0 Å². The first-order valence-corrected chi connectivity index (χ1v) is 2.74. The van der Waals surface area contributed by atoms with Crippen LogP contribution >= 0.6 is 0 Å². The minimum absolute atomic E-state index is 0.163. The van der Waals surface area contributed by atoms with Crippen molar-refractivity contribution in [3.05, 3.63) is 0 Å². The molecular formula is C5H10NO2+. The Hall–Kier alpha value is -0.410. The van der Waals surface area contributed by atoms with Crippen molar-refractivity contribution >= 4 is 5.91 Å². The highest BCUT2D eigenvalue weighted by Gasteiger charge is 2.18. The van der Waals surface area contributed by atoms with Gasteiger partial charge in [-0.25, -0.2) is 4.79 Å². The first-order chi connectivity index (χ1) is 3.80. The van der Waals surface area contributed by atoms with Gasteiger partial charge in [0.2, 0.25) is 0 Å². The molecule has 0 radical (unpaired) electrons. The molecule has 3 heteroatoms. The maximum Gasteiger partial charge on any atom is 0.337 e. The molecule has 0 aromatic carbocycles. The molecule has 1 heterocycles. The van der Waals surface area contributed by atoms with Gasteiger partial charge in [-0.05, 0) is 0 Å². The summed E-state index contributed by atoms with van der Waals surface area (Å²) in [5.74, 6) is 0.163. The number of likely N-dealkylation sites (N-methyl/N-ethyl adjacent to an activating group) is 1. The average Bonchev–Trinajstić information content (AvgIpc) is 1.77. The Morgan fingerprint density at radius 2 is 2.50 bits per heavy atom. The van der Waals surface area contributed by atoms with Crippen LogP contribution in [0.5, 0.6) is 0 Å². The Morgan fingerprint density at radius 3 is 2.88 bits per heavy atom. The number of rotatable bonds is 0. The molecule has 1 fully saturated rings. The Bertz CT molecular complexity index is 103. The molecule has 8 heavy (non-hydrogen) atoms. The highest BCUT2D eigenvalue weighted by Crippen LogP contribution is 1.74. The van der Waals surface area contributed by atoms with Crippen LogP contribution < -0.4 is 4.90 Å². The molecule has 46 valence electrons. The zero-order chi connectivity index (χ0) is 5.98. The Kier molecular flexibility index (Phi) is 1.60. The van der Waals surface area contributed by atoms with Crippen LogP contribution in [0, 0.1) is 0 Å². The second-order valence-electron chi connectivity index (χ2n) is 2.01. The molecule has 0 aromatic heterocycles. The van der Waals surface area contributed by atoms with Gasteiger partial charge in [0.15, 0.2) is 6.61 Å². The third-order valence-electron chi connectivity index (χ3n) is 1.33. The summed E-state index contributed by atoms with van der Waals surface area (Å²) < 4.78 is 4.88. The lowest BCUT2D eigenvalue weighted by molar-refractivity contribution is -0.805. The third-order valence-corrected chi connectivity index (χ3v) is 1.33. The fourth-order valence-corrected chi connectivity index (χ4v) is 0.653. The summed E-state index contributed by atoms with van der Waals surface area (Å²) in [6.07, 6.45) is 0. The number of morpholine rings is 1. The van der Waals surface area contributed by atoms with Gasteiger partial charge >= 0.3 is 5.91 Å². The summed E-state index contributed by atoms with van der Waals surface area (Å²) in [7, 11) is 1.87. The lowest BCUT2D eigenvalue weighted by Gasteiger charge is -2.15. The van der Waals surface area contributed by atoms with E-state index in [1.54, 1.807) is 0 Å². The van der Waals surface area contributed by atoms with E-state index in [0.29, 0.717) is 6.61 Å². The SMILES string of the molecule is C[NH+]1CCOCC1=O. The summed E-state index contributed by atoms with van der Waals surface area (Å²) in [5.41, 5.74) is 0.